The molecule has 0 bridgehead atoms. The average molecular weight is 255 g/mol. The molecule has 0 aliphatic heterocycles. The number of hydrogen-bond acceptors (Lipinski definition) is 2. The SMILES string of the molecule is CC(C)N(CC(=O)O)C(=O)CCC1CCCCC1. The molecule has 0 aromatic heterocycles. The largest absolute Gasteiger partial charge is 0.480 e. The van der Waals surface area contributed by atoms with Crippen molar-refractivity contribution in [2.45, 2.75) is 64.8 Å². The molecule has 1 fully saturated rings. The van der Waals surface area contributed by atoms with Gasteiger partial charge in [-0.2, -0.15) is 0 Å². The van der Waals surface area contributed by atoms with Gasteiger partial charge in [-0.3, -0.25) is 9.59 Å². The van der Waals surface area contributed by atoms with Crippen LogP contribution in [0.4, 0.5) is 0 Å². The lowest BCUT2D eigenvalue weighted by molar-refractivity contribution is -0.145. The van der Waals surface area contributed by atoms with E-state index in [1.54, 1.807) is 0 Å². The van der Waals surface area contributed by atoms with Gasteiger partial charge in [0.15, 0.2) is 0 Å². The third-order valence-corrected chi connectivity index (χ3v) is 3.74. The zero-order valence-electron chi connectivity index (χ0n) is 11.5. The van der Waals surface area contributed by atoms with Gasteiger partial charge in [-0.1, -0.05) is 32.1 Å². The van der Waals surface area contributed by atoms with Crippen LogP contribution in [0.25, 0.3) is 0 Å². The minimum atomic E-state index is -0.935. The van der Waals surface area contributed by atoms with E-state index >= 15 is 0 Å². The van der Waals surface area contributed by atoms with Crippen molar-refractivity contribution in [3.05, 3.63) is 0 Å². The molecule has 4 nitrogen and oxygen atoms in total. The van der Waals surface area contributed by atoms with Gasteiger partial charge < -0.3 is 10.0 Å². The molecule has 1 saturated carbocycles. The summed E-state index contributed by atoms with van der Waals surface area (Å²) in [5.41, 5.74) is 0. The molecule has 0 aromatic rings. The van der Waals surface area contributed by atoms with Crippen LogP contribution in [0.3, 0.4) is 0 Å². The molecule has 104 valence electrons. The van der Waals surface area contributed by atoms with Gasteiger partial charge in [0.2, 0.25) is 5.91 Å². The first kappa shape index (κ1) is 15.0. The zero-order chi connectivity index (χ0) is 13.5. The summed E-state index contributed by atoms with van der Waals surface area (Å²) in [6, 6.07) is -0.0417. The quantitative estimate of drug-likeness (QED) is 0.793. The van der Waals surface area contributed by atoms with Crippen LogP contribution in [0.2, 0.25) is 0 Å². The molecule has 0 atom stereocenters. The smallest absolute Gasteiger partial charge is 0.323 e. The number of carbonyl (C=O) groups excluding carboxylic acids is 1. The monoisotopic (exact) mass is 255 g/mol. The Hall–Kier alpha value is -1.06. The van der Waals surface area contributed by atoms with Crippen LogP contribution in [-0.4, -0.2) is 34.5 Å². The van der Waals surface area contributed by atoms with Gasteiger partial charge in [-0.25, -0.2) is 0 Å². The van der Waals surface area contributed by atoms with E-state index in [2.05, 4.69) is 0 Å². The number of rotatable bonds is 6. The number of amides is 1. The molecule has 1 aliphatic rings. The molecule has 0 unspecified atom stereocenters. The Morgan fingerprint density at radius 2 is 1.83 bits per heavy atom. The number of nitrogens with zero attached hydrogens (tertiary/aromatic N) is 1. The van der Waals surface area contributed by atoms with Crippen LogP contribution >= 0.6 is 0 Å². The van der Waals surface area contributed by atoms with E-state index < -0.39 is 5.97 Å². The Morgan fingerprint density at radius 3 is 2.33 bits per heavy atom. The minimum absolute atomic E-state index is 0.0158. The fourth-order valence-corrected chi connectivity index (χ4v) is 2.65. The predicted octanol–water partition coefficient (Wildman–Crippen LogP) is 2.67. The molecular weight excluding hydrogens is 230 g/mol. The Morgan fingerprint density at radius 1 is 1.22 bits per heavy atom. The summed E-state index contributed by atoms with van der Waals surface area (Å²) in [6.07, 6.45) is 7.75. The summed E-state index contributed by atoms with van der Waals surface area (Å²) in [7, 11) is 0. The maximum Gasteiger partial charge on any atom is 0.323 e. The van der Waals surface area contributed by atoms with Gasteiger partial charge in [-0.15, -0.1) is 0 Å². The average Bonchev–Trinajstić information content (AvgIpc) is 2.34. The number of carboxylic acids is 1. The lowest BCUT2D eigenvalue weighted by Gasteiger charge is -2.27. The van der Waals surface area contributed by atoms with E-state index in [4.69, 9.17) is 5.11 Å². The summed E-state index contributed by atoms with van der Waals surface area (Å²) >= 11 is 0. The maximum atomic E-state index is 12.0. The third kappa shape index (κ3) is 5.07. The van der Waals surface area contributed by atoms with Crippen LogP contribution in [0.15, 0.2) is 0 Å². The summed E-state index contributed by atoms with van der Waals surface area (Å²) < 4.78 is 0. The summed E-state index contributed by atoms with van der Waals surface area (Å²) in [6.45, 7) is 3.55. The van der Waals surface area contributed by atoms with E-state index in [9.17, 15) is 9.59 Å². The van der Waals surface area contributed by atoms with Gasteiger partial charge in [0, 0.05) is 12.5 Å². The second kappa shape index (κ2) is 7.39. The van der Waals surface area contributed by atoms with Gasteiger partial charge in [0.05, 0.1) is 0 Å². The molecular formula is C14H25NO3. The summed E-state index contributed by atoms with van der Waals surface area (Å²) in [5.74, 6) is -0.283. The summed E-state index contributed by atoms with van der Waals surface area (Å²) in [4.78, 5) is 24.2. The highest BCUT2D eigenvalue weighted by molar-refractivity contribution is 5.81. The van der Waals surface area contributed by atoms with Crippen LogP contribution in [0.5, 0.6) is 0 Å². The normalized spacial score (nSPS) is 16.8. The van der Waals surface area contributed by atoms with Crippen LogP contribution in [0.1, 0.15) is 58.8 Å². The van der Waals surface area contributed by atoms with E-state index in [0.717, 1.165) is 6.42 Å². The van der Waals surface area contributed by atoms with Gasteiger partial charge in [-0.05, 0) is 26.2 Å². The number of carboxylic acid groups (broad SMARTS) is 1. The molecule has 1 aliphatic carbocycles. The standard InChI is InChI=1S/C14H25NO3/c1-11(2)15(10-14(17)18)13(16)9-8-12-6-4-3-5-7-12/h11-12H,3-10H2,1-2H3,(H,17,18). The Kier molecular flexibility index (Phi) is 6.16. The molecule has 4 heteroatoms. The van der Waals surface area contributed by atoms with E-state index in [1.807, 2.05) is 13.8 Å². The van der Waals surface area contributed by atoms with Crippen LogP contribution < -0.4 is 0 Å². The molecule has 0 aromatic carbocycles. The van der Waals surface area contributed by atoms with Crippen molar-refractivity contribution in [3.63, 3.8) is 0 Å². The number of carbonyl (C=O) groups is 2. The third-order valence-electron chi connectivity index (χ3n) is 3.74. The molecule has 1 amide bonds. The van der Waals surface area contributed by atoms with Crippen molar-refractivity contribution < 1.29 is 14.7 Å². The fourth-order valence-electron chi connectivity index (χ4n) is 2.65. The van der Waals surface area contributed by atoms with Crippen LogP contribution in [0, 0.1) is 5.92 Å². The summed E-state index contributed by atoms with van der Waals surface area (Å²) in [5, 5.41) is 8.80. The van der Waals surface area contributed by atoms with Gasteiger partial charge in [0.25, 0.3) is 0 Å². The Bertz CT molecular complexity index is 283. The zero-order valence-corrected chi connectivity index (χ0v) is 11.5. The van der Waals surface area contributed by atoms with Gasteiger partial charge >= 0.3 is 5.97 Å². The molecule has 1 rings (SSSR count). The minimum Gasteiger partial charge on any atom is -0.480 e. The highest BCUT2D eigenvalue weighted by atomic mass is 16.4. The first-order chi connectivity index (χ1) is 8.50. The van der Waals surface area contributed by atoms with Crippen molar-refractivity contribution in [2.24, 2.45) is 5.92 Å². The molecule has 0 radical (unpaired) electrons. The van der Waals surface area contributed by atoms with Crippen molar-refractivity contribution in [3.8, 4) is 0 Å². The van der Waals surface area contributed by atoms with E-state index in [-0.39, 0.29) is 18.5 Å². The van der Waals surface area contributed by atoms with Crippen molar-refractivity contribution in [1.82, 2.24) is 4.90 Å². The molecule has 18 heavy (non-hydrogen) atoms. The second-order valence-corrected chi connectivity index (χ2v) is 5.55. The lowest BCUT2D eigenvalue weighted by atomic mass is 9.86. The maximum absolute atomic E-state index is 12.0. The Balaban J connectivity index is 2.38. The lowest BCUT2D eigenvalue weighted by Crippen LogP contribution is -2.40. The number of hydrogen-bond donors (Lipinski definition) is 1. The first-order valence-electron chi connectivity index (χ1n) is 7.02. The molecule has 1 N–H and O–H groups in total. The van der Waals surface area contributed by atoms with Gasteiger partial charge in [0.1, 0.15) is 6.54 Å². The van der Waals surface area contributed by atoms with Crippen LogP contribution in [-0.2, 0) is 9.59 Å². The molecule has 0 saturated heterocycles. The van der Waals surface area contributed by atoms with Crippen molar-refractivity contribution >= 4 is 11.9 Å². The Labute approximate surface area is 109 Å². The second-order valence-electron chi connectivity index (χ2n) is 5.55. The van der Waals surface area contributed by atoms with Crippen molar-refractivity contribution in [1.29, 1.82) is 0 Å². The topological polar surface area (TPSA) is 57.6 Å². The highest BCUT2D eigenvalue weighted by Crippen LogP contribution is 2.27. The molecule has 0 heterocycles. The molecule has 0 spiro atoms. The highest BCUT2D eigenvalue weighted by Gasteiger charge is 2.21. The first-order valence-corrected chi connectivity index (χ1v) is 7.02. The van der Waals surface area contributed by atoms with E-state index in [0.29, 0.717) is 12.3 Å². The predicted molar refractivity (Wildman–Crippen MR) is 70.3 cm³/mol. The van der Waals surface area contributed by atoms with E-state index in [1.165, 1.54) is 37.0 Å². The van der Waals surface area contributed by atoms with Crippen molar-refractivity contribution in [2.75, 3.05) is 6.54 Å². The fraction of sp³-hybridized carbons (Fsp3) is 0.857. The number of aliphatic carboxylic acids is 1.